The average molecular weight is 486 g/mol. The lowest BCUT2D eigenvalue weighted by molar-refractivity contribution is -0.142. The Morgan fingerprint density at radius 3 is 2.30 bits per heavy atom. The molecule has 0 saturated heterocycles. The largest absolute Gasteiger partial charge is 0.480 e. The number of aromatic nitrogens is 2. The Balaban J connectivity index is 2.74. The monoisotopic (exact) mass is 485 g/mol. The summed E-state index contributed by atoms with van der Waals surface area (Å²) in [5, 5.41) is 16.8. The Morgan fingerprint density at radius 2 is 1.76 bits per heavy atom. The highest BCUT2D eigenvalue weighted by atomic mass is 32.2. The zero-order valence-electron chi connectivity index (χ0n) is 18.5. The fourth-order valence-electron chi connectivity index (χ4n) is 2.70. The van der Waals surface area contributed by atoms with E-state index in [9.17, 15) is 29.1 Å². The molecule has 9 N–H and O–H groups in total. The summed E-state index contributed by atoms with van der Waals surface area (Å²) in [6.07, 6.45) is 4.86. The van der Waals surface area contributed by atoms with Gasteiger partial charge >= 0.3 is 5.97 Å². The first kappa shape index (κ1) is 27.9. The summed E-state index contributed by atoms with van der Waals surface area (Å²) in [7, 11) is 0. The fourth-order valence-corrected chi connectivity index (χ4v) is 3.18. The van der Waals surface area contributed by atoms with Crippen molar-refractivity contribution in [3.8, 4) is 0 Å². The number of carbonyl (C=O) groups is 5. The number of nitrogens with two attached hydrogens (primary N) is 2. The second-order valence-corrected chi connectivity index (χ2v) is 8.35. The number of carboxylic acid groups (broad SMARTS) is 1. The molecular weight excluding hydrogens is 454 g/mol. The van der Waals surface area contributed by atoms with Gasteiger partial charge in [0, 0.05) is 24.7 Å². The summed E-state index contributed by atoms with van der Waals surface area (Å²) < 4.78 is 0. The molecule has 184 valence electrons. The molecule has 14 heteroatoms. The van der Waals surface area contributed by atoms with Crippen LogP contribution in [0.15, 0.2) is 12.5 Å². The molecule has 0 aliphatic rings. The molecule has 0 radical (unpaired) electrons. The number of nitrogens with one attached hydrogen (secondary N) is 4. The molecule has 33 heavy (non-hydrogen) atoms. The van der Waals surface area contributed by atoms with Crippen LogP contribution in [0.3, 0.4) is 0 Å². The summed E-state index contributed by atoms with van der Waals surface area (Å²) >= 11 is 1.45. The standard InChI is InChI=1S/C19H31N7O6S/c1-10(24-17(29)12(20)3-4-15(21)27)16(28)25-13(5-6-33-2)18(30)26-14(19(31)32)7-11-8-22-9-23-11/h8-10,12-14H,3-7,20H2,1-2H3,(H2,21,27)(H,22,23)(H,24,29)(H,25,28)(H,26,30)(H,31,32). The summed E-state index contributed by atoms with van der Waals surface area (Å²) in [5.74, 6) is -3.27. The Morgan fingerprint density at radius 1 is 1.09 bits per heavy atom. The Hall–Kier alpha value is -3.13. The van der Waals surface area contributed by atoms with Crippen LogP contribution in [-0.2, 0) is 30.4 Å². The predicted molar refractivity (Wildman–Crippen MR) is 121 cm³/mol. The Kier molecular flexibility index (Phi) is 11.9. The van der Waals surface area contributed by atoms with Gasteiger partial charge in [-0.2, -0.15) is 11.8 Å². The summed E-state index contributed by atoms with van der Waals surface area (Å²) in [4.78, 5) is 66.4. The van der Waals surface area contributed by atoms with E-state index in [-0.39, 0.29) is 25.7 Å². The lowest BCUT2D eigenvalue weighted by Gasteiger charge is -2.23. The number of hydrogen-bond donors (Lipinski definition) is 7. The van der Waals surface area contributed by atoms with Gasteiger partial charge < -0.3 is 37.5 Å². The molecule has 0 aliphatic carbocycles. The van der Waals surface area contributed by atoms with Crippen LogP contribution in [-0.4, -0.2) is 80.8 Å². The Bertz CT molecular complexity index is 820. The van der Waals surface area contributed by atoms with E-state index in [1.165, 1.54) is 31.2 Å². The van der Waals surface area contributed by atoms with Gasteiger partial charge in [0.1, 0.15) is 18.1 Å². The van der Waals surface area contributed by atoms with Crippen LogP contribution >= 0.6 is 11.8 Å². The first-order chi connectivity index (χ1) is 15.5. The van der Waals surface area contributed by atoms with Crippen molar-refractivity contribution in [2.75, 3.05) is 12.0 Å². The third-order valence-electron chi connectivity index (χ3n) is 4.63. The highest BCUT2D eigenvalue weighted by molar-refractivity contribution is 7.98. The van der Waals surface area contributed by atoms with E-state index in [0.717, 1.165) is 0 Å². The van der Waals surface area contributed by atoms with Crippen molar-refractivity contribution in [3.05, 3.63) is 18.2 Å². The zero-order chi connectivity index (χ0) is 25.0. The smallest absolute Gasteiger partial charge is 0.326 e. The lowest BCUT2D eigenvalue weighted by atomic mass is 10.1. The molecule has 0 bridgehead atoms. The predicted octanol–water partition coefficient (Wildman–Crippen LogP) is -2.14. The lowest BCUT2D eigenvalue weighted by Crippen LogP contribution is -2.56. The molecule has 4 atom stereocenters. The van der Waals surface area contributed by atoms with Gasteiger partial charge in [0.05, 0.1) is 12.4 Å². The van der Waals surface area contributed by atoms with E-state index in [4.69, 9.17) is 11.5 Å². The number of rotatable bonds is 15. The van der Waals surface area contributed by atoms with Gasteiger partial charge in [-0.25, -0.2) is 9.78 Å². The maximum absolute atomic E-state index is 12.8. The number of hydrogen-bond acceptors (Lipinski definition) is 8. The number of H-pyrrole nitrogens is 1. The molecule has 1 aromatic rings. The quantitative estimate of drug-likeness (QED) is 0.144. The molecule has 0 fully saturated rings. The highest BCUT2D eigenvalue weighted by Gasteiger charge is 2.29. The number of carboxylic acids is 1. The first-order valence-electron chi connectivity index (χ1n) is 10.2. The number of aromatic amines is 1. The molecule has 0 saturated carbocycles. The topological polar surface area (TPSA) is 222 Å². The van der Waals surface area contributed by atoms with E-state index in [0.29, 0.717) is 11.4 Å². The van der Waals surface area contributed by atoms with E-state index < -0.39 is 53.8 Å². The summed E-state index contributed by atoms with van der Waals surface area (Å²) in [6, 6.07) is -4.30. The molecule has 0 spiro atoms. The van der Waals surface area contributed by atoms with Crippen LogP contribution in [0.1, 0.15) is 31.9 Å². The third kappa shape index (κ3) is 10.4. The number of thioether (sulfide) groups is 1. The van der Waals surface area contributed by atoms with Crippen molar-refractivity contribution in [2.45, 2.75) is 56.8 Å². The molecule has 4 amide bonds. The number of imidazole rings is 1. The molecule has 0 aromatic carbocycles. The SMILES string of the molecule is CSCCC(NC(=O)C(C)NC(=O)C(N)CCC(N)=O)C(=O)NC(Cc1cnc[nH]1)C(=O)O. The number of nitrogens with zero attached hydrogens (tertiary/aromatic N) is 1. The molecule has 1 rings (SSSR count). The van der Waals surface area contributed by atoms with Gasteiger partial charge in [-0.1, -0.05) is 0 Å². The maximum atomic E-state index is 12.8. The van der Waals surface area contributed by atoms with Crippen molar-refractivity contribution >= 4 is 41.4 Å². The van der Waals surface area contributed by atoms with Crippen molar-refractivity contribution < 1.29 is 29.1 Å². The number of carbonyl (C=O) groups excluding carboxylic acids is 4. The minimum absolute atomic E-state index is 0.0140. The van der Waals surface area contributed by atoms with Gasteiger partial charge in [-0.05, 0) is 31.8 Å². The van der Waals surface area contributed by atoms with Crippen molar-refractivity contribution in [1.29, 1.82) is 0 Å². The van der Waals surface area contributed by atoms with E-state index >= 15 is 0 Å². The van der Waals surface area contributed by atoms with E-state index in [1.807, 2.05) is 6.26 Å². The number of amides is 4. The molecule has 1 heterocycles. The van der Waals surface area contributed by atoms with Crippen molar-refractivity contribution in [3.63, 3.8) is 0 Å². The fraction of sp³-hybridized carbons (Fsp3) is 0.579. The van der Waals surface area contributed by atoms with Crippen LogP contribution in [0.5, 0.6) is 0 Å². The summed E-state index contributed by atoms with van der Waals surface area (Å²) in [6.45, 7) is 1.41. The molecule has 13 nitrogen and oxygen atoms in total. The number of primary amides is 1. The minimum Gasteiger partial charge on any atom is -0.480 e. The second-order valence-electron chi connectivity index (χ2n) is 7.36. The number of aliphatic carboxylic acids is 1. The first-order valence-corrected chi connectivity index (χ1v) is 11.6. The normalized spacial score (nSPS) is 14.4. The third-order valence-corrected chi connectivity index (χ3v) is 5.27. The van der Waals surface area contributed by atoms with Crippen LogP contribution in [0, 0.1) is 0 Å². The van der Waals surface area contributed by atoms with E-state index in [1.54, 1.807) is 0 Å². The van der Waals surface area contributed by atoms with Crippen LogP contribution in [0.2, 0.25) is 0 Å². The van der Waals surface area contributed by atoms with Gasteiger partial charge in [0.2, 0.25) is 23.6 Å². The van der Waals surface area contributed by atoms with Crippen LogP contribution < -0.4 is 27.4 Å². The second kappa shape index (κ2) is 14.1. The minimum atomic E-state index is -1.24. The van der Waals surface area contributed by atoms with Crippen molar-refractivity contribution in [2.24, 2.45) is 11.5 Å². The van der Waals surface area contributed by atoms with Gasteiger partial charge in [-0.15, -0.1) is 0 Å². The highest BCUT2D eigenvalue weighted by Crippen LogP contribution is 2.05. The van der Waals surface area contributed by atoms with Crippen molar-refractivity contribution in [1.82, 2.24) is 25.9 Å². The van der Waals surface area contributed by atoms with Gasteiger partial charge in [0.15, 0.2) is 0 Å². The molecule has 1 aromatic heterocycles. The van der Waals surface area contributed by atoms with Gasteiger partial charge in [0.25, 0.3) is 0 Å². The zero-order valence-corrected chi connectivity index (χ0v) is 19.3. The molecule has 0 aliphatic heterocycles. The molecule has 4 unspecified atom stereocenters. The molecular formula is C19H31N7O6S. The maximum Gasteiger partial charge on any atom is 0.326 e. The van der Waals surface area contributed by atoms with E-state index in [2.05, 4.69) is 25.9 Å². The van der Waals surface area contributed by atoms with Gasteiger partial charge in [-0.3, -0.25) is 19.2 Å². The van der Waals surface area contributed by atoms with Crippen LogP contribution in [0.4, 0.5) is 0 Å². The average Bonchev–Trinajstić information content (AvgIpc) is 3.26. The summed E-state index contributed by atoms with van der Waals surface area (Å²) in [5.41, 5.74) is 11.2. The van der Waals surface area contributed by atoms with Crippen LogP contribution in [0.25, 0.3) is 0 Å². The Labute approximate surface area is 195 Å².